The van der Waals surface area contributed by atoms with E-state index < -0.39 is 5.41 Å². The first kappa shape index (κ1) is 17.4. The van der Waals surface area contributed by atoms with Crippen molar-refractivity contribution in [2.45, 2.75) is 31.6 Å². The van der Waals surface area contributed by atoms with Crippen molar-refractivity contribution in [1.29, 1.82) is 0 Å². The van der Waals surface area contributed by atoms with Crippen LogP contribution in [0.4, 0.5) is 0 Å². The molecule has 0 unspecified atom stereocenters. The van der Waals surface area contributed by atoms with Gasteiger partial charge in [0.15, 0.2) is 0 Å². The molecular formula is C21H28NO+. The first-order valence-corrected chi connectivity index (χ1v) is 8.54. The molecule has 0 atom stereocenters. The number of carbonyl (C=O) groups excluding carboxylic acids is 1. The van der Waals surface area contributed by atoms with Gasteiger partial charge in [0.2, 0.25) is 0 Å². The third-order valence-electron chi connectivity index (χ3n) is 4.56. The minimum Gasteiger partial charge on any atom is -0.340 e. The summed E-state index contributed by atoms with van der Waals surface area (Å²) in [5, 5.41) is 0. The molecule has 0 radical (unpaired) electrons. The fraction of sp³-hybridized carbons (Fsp3) is 0.381. The van der Waals surface area contributed by atoms with Gasteiger partial charge in [0.05, 0.1) is 26.1 Å². The number of rotatable bonds is 8. The molecule has 0 aliphatic heterocycles. The van der Waals surface area contributed by atoms with Crippen LogP contribution in [0.2, 0.25) is 0 Å². The Morgan fingerprint density at radius 1 is 0.913 bits per heavy atom. The van der Waals surface area contributed by atoms with Crippen molar-refractivity contribution < 1.29 is 9.69 Å². The number of hydrogen-bond donors (Lipinski definition) is 1. The second-order valence-corrected chi connectivity index (χ2v) is 6.47. The van der Waals surface area contributed by atoms with Crippen molar-refractivity contribution >= 4 is 5.78 Å². The largest absolute Gasteiger partial charge is 0.340 e. The van der Waals surface area contributed by atoms with E-state index in [0.717, 1.165) is 30.5 Å². The van der Waals surface area contributed by atoms with Gasteiger partial charge in [-0.25, -0.2) is 0 Å². The molecule has 0 fully saturated rings. The van der Waals surface area contributed by atoms with Gasteiger partial charge in [0.25, 0.3) is 0 Å². The number of benzene rings is 2. The molecule has 0 aliphatic carbocycles. The van der Waals surface area contributed by atoms with E-state index in [-0.39, 0.29) is 0 Å². The molecule has 122 valence electrons. The normalized spacial score (nSPS) is 11.7. The van der Waals surface area contributed by atoms with Crippen LogP contribution in [-0.2, 0) is 10.2 Å². The standard InChI is InChI=1S/C21H27NO/c1-4-20(23)21(16-11-17-22(2)3,18-12-7-5-8-13-18)19-14-9-6-10-15-19/h5-10,12-15H,4,11,16-17H2,1-3H3/p+1. The summed E-state index contributed by atoms with van der Waals surface area (Å²) in [4.78, 5) is 14.5. The molecule has 23 heavy (non-hydrogen) atoms. The molecule has 0 bridgehead atoms. The van der Waals surface area contributed by atoms with Gasteiger partial charge in [-0.05, 0) is 24.0 Å². The van der Waals surface area contributed by atoms with Crippen molar-refractivity contribution in [3.8, 4) is 0 Å². The number of Topliss-reactive ketones (excluding diaryl/α,β-unsaturated/α-hetero) is 1. The van der Waals surface area contributed by atoms with Crippen LogP contribution in [0.5, 0.6) is 0 Å². The highest BCUT2D eigenvalue weighted by molar-refractivity contribution is 5.93. The van der Waals surface area contributed by atoms with Gasteiger partial charge in [-0.15, -0.1) is 0 Å². The Kier molecular flexibility index (Phi) is 6.12. The third kappa shape index (κ3) is 3.89. The Balaban J connectivity index is 2.52. The summed E-state index contributed by atoms with van der Waals surface area (Å²) >= 11 is 0. The fourth-order valence-electron chi connectivity index (χ4n) is 3.37. The van der Waals surface area contributed by atoms with E-state index in [1.165, 1.54) is 4.90 Å². The molecule has 2 aromatic rings. The lowest BCUT2D eigenvalue weighted by molar-refractivity contribution is -0.858. The summed E-state index contributed by atoms with van der Waals surface area (Å²) in [5.41, 5.74) is 1.71. The van der Waals surface area contributed by atoms with Crippen molar-refractivity contribution in [2.24, 2.45) is 0 Å². The molecule has 2 heteroatoms. The van der Waals surface area contributed by atoms with E-state index >= 15 is 0 Å². The van der Waals surface area contributed by atoms with Crippen molar-refractivity contribution in [3.05, 3.63) is 71.8 Å². The smallest absolute Gasteiger partial charge is 0.147 e. The van der Waals surface area contributed by atoms with Gasteiger partial charge < -0.3 is 4.90 Å². The zero-order valence-electron chi connectivity index (χ0n) is 14.5. The van der Waals surface area contributed by atoms with Crippen LogP contribution in [-0.4, -0.2) is 26.4 Å². The van der Waals surface area contributed by atoms with Gasteiger partial charge in [-0.1, -0.05) is 67.6 Å². The molecule has 2 aromatic carbocycles. The first-order valence-electron chi connectivity index (χ1n) is 8.54. The van der Waals surface area contributed by atoms with E-state index in [0.29, 0.717) is 12.2 Å². The van der Waals surface area contributed by atoms with E-state index in [4.69, 9.17) is 0 Å². The van der Waals surface area contributed by atoms with Crippen LogP contribution in [0.3, 0.4) is 0 Å². The number of carbonyl (C=O) groups is 1. The van der Waals surface area contributed by atoms with Crippen molar-refractivity contribution in [3.63, 3.8) is 0 Å². The van der Waals surface area contributed by atoms with Crippen LogP contribution in [0.25, 0.3) is 0 Å². The van der Waals surface area contributed by atoms with E-state index in [1.54, 1.807) is 0 Å². The Morgan fingerprint density at radius 2 is 1.39 bits per heavy atom. The van der Waals surface area contributed by atoms with Crippen LogP contribution in [0.15, 0.2) is 60.7 Å². The minimum atomic E-state index is -0.521. The zero-order valence-corrected chi connectivity index (χ0v) is 14.5. The maximum Gasteiger partial charge on any atom is 0.147 e. The van der Waals surface area contributed by atoms with Gasteiger partial charge in [-0.3, -0.25) is 4.79 Å². The molecule has 2 rings (SSSR count). The summed E-state index contributed by atoms with van der Waals surface area (Å²) in [7, 11) is 4.32. The maximum absolute atomic E-state index is 13.1. The number of nitrogens with one attached hydrogen (secondary N) is 1. The van der Waals surface area contributed by atoms with Crippen LogP contribution < -0.4 is 4.90 Å². The molecule has 0 saturated heterocycles. The highest BCUT2D eigenvalue weighted by Crippen LogP contribution is 2.38. The predicted octanol–water partition coefficient (Wildman–Crippen LogP) is 2.88. The number of quaternary nitrogens is 1. The Hall–Kier alpha value is -1.93. The van der Waals surface area contributed by atoms with Crippen molar-refractivity contribution in [1.82, 2.24) is 0 Å². The average Bonchev–Trinajstić information content (AvgIpc) is 2.59. The SMILES string of the molecule is CCC(=O)C(CCC[NH+](C)C)(c1ccccc1)c1ccccc1. The molecule has 0 aromatic heterocycles. The third-order valence-corrected chi connectivity index (χ3v) is 4.56. The highest BCUT2D eigenvalue weighted by atomic mass is 16.1. The lowest BCUT2D eigenvalue weighted by Gasteiger charge is -2.34. The lowest BCUT2D eigenvalue weighted by Crippen LogP contribution is -3.05. The quantitative estimate of drug-likeness (QED) is 0.795. The van der Waals surface area contributed by atoms with Gasteiger partial charge >= 0.3 is 0 Å². The summed E-state index contributed by atoms with van der Waals surface area (Å²) in [5.74, 6) is 0.309. The number of hydrogen-bond acceptors (Lipinski definition) is 1. The van der Waals surface area contributed by atoms with E-state index in [2.05, 4.69) is 38.4 Å². The molecule has 0 spiro atoms. The van der Waals surface area contributed by atoms with Crippen LogP contribution in [0, 0.1) is 0 Å². The maximum atomic E-state index is 13.1. The molecule has 0 saturated carbocycles. The highest BCUT2D eigenvalue weighted by Gasteiger charge is 2.40. The summed E-state index contributed by atoms with van der Waals surface area (Å²) < 4.78 is 0. The molecule has 1 N–H and O–H groups in total. The minimum absolute atomic E-state index is 0.309. The Bertz CT molecular complexity index is 565. The van der Waals surface area contributed by atoms with E-state index in [9.17, 15) is 4.79 Å². The first-order chi connectivity index (χ1) is 11.1. The molecule has 2 nitrogen and oxygen atoms in total. The van der Waals surface area contributed by atoms with Gasteiger partial charge in [0.1, 0.15) is 5.78 Å². The molecular weight excluding hydrogens is 282 g/mol. The van der Waals surface area contributed by atoms with Gasteiger partial charge in [-0.2, -0.15) is 0 Å². The molecule has 0 aliphatic rings. The summed E-state index contributed by atoms with van der Waals surface area (Å²) in [6, 6.07) is 20.6. The monoisotopic (exact) mass is 310 g/mol. The molecule has 0 heterocycles. The topological polar surface area (TPSA) is 21.5 Å². The lowest BCUT2D eigenvalue weighted by atomic mass is 9.67. The van der Waals surface area contributed by atoms with Crippen LogP contribution >= 0.6 is 0 Å². The second-order valence-electron chi connectivity index (χ2n) is 6.47. The van der Waals surface area contributed by atoms with Crippen LogP contribution in [0.1, 0.15) is 37.3 Å². The fourth-order valence-corrected chi connectivity index (χ4v) is 3.37. The number of ketones is 1. The van der Waals surface area contributed by atoms with E-state index in [1.807, 2.05) is 43.3 Å². The predicted molar refractivity (Wildman–Crippen MR) is 95.9 cm³/mol. The summed E-state index contributed by atoms with van der Waals surface area (Å²) in [6.45, 7) is 3.04. The Labute approximate surface area is 140 Å². The molecule has 0 amide bonds. The summed E-state index contributed by atoms with van der Waals surface area (Å²) in [6.07, 6.45) is 2.44. The van der Waals surface area contributed by atoms with Crippen molar-refractivity contribution in [2.75, 3.05) is 20.6 Å². The zero-order chi connectivity index (χ0) is 16.7. The average molecular weight is 310 g/mol. The Morgan fingerprint density at radius 3 is 1.78 bits per heavy atom. The second kappa shape index (κ2) is 8.07. The van der Waals surface area contributed by atoms with Gasteiger partial charge in [0, 0.05) is 6.42 Å².